The molecule has 1 aromatic heterocycles. The van der Waals surface area contributed by atoms with E-state index in [-0.39, 0.29) is 5.91 Å². The SMILES string of the molecule is O=C(c1ccc(Cl)cc1I)N1CCN(c2cccc(Cl)n2)CC1. The van der Waals surface area contributed by atoms with Crippen LogP contribution in [0.15, 0.2) is 36.4 Å². The number of anilines is 1. The van der Waals surface area contributed by atoms with Gasteiger partial charge >= 0.3 is 0 Å². The summed E-state index contributed by atoms with van der Waals surface area (Å²) in [6.45, 7) is 2.80. The molecule has 4 nitrogen and oxygen atoms in total. The van der Waals surface area contributed by atoms with Crippen LogP contribution in [-0.2, 0) is 0 Å². The van der Waals surface area contributed by atoms with Crippen molar-refractivity contribution in [2.24, 2.45) is 0 Å². The monoisotopic (exact) mass is 461 g/mol. The summed E-state index contributed by atoms with van der Waals surface area (Å²) >= 11 is 14.0. The number of benzene rings is 1. The first-order valence-corrected chi connectivity index (χ1v) is 9.00. The van der Waals surface area contributed by atoms with Crippen LogP contribution < -0.4 is 4.90 Å². The van der Waals surface area contributed by atoms with Gasteiger partial charge in [-0.3, -0.25) is 4.79 Å². The lowest BCUT2D eigenvalue weighted by atomic mass is 10.2. The Kier molecular flexibility index (Phi) is 5.28. The molecular formula is C16H14Cl2IN3O. The molecule has 1 saturated heterocycles. The number of aromatic nitrogens is 1. The second-order valence-corrected chi connectivity index (χ2v) is 7.21. The molecule has 0 spiro atoms. The van der Waals surface area contributed by atoms with Crippen LogP contribution in [0.2, 0.25) is 10.2 Å². The van der Waals surface area contributed by atoms with Gasteiger partial charge in [0.15, 0.2) is 0 Å². The Balaban J connectivity index is 1.68. The molecule has 0 bridgehead atoms. The average molecular weight is 462 g/mol. The molecule has 7 heteroatoms. The van der Waals surface area contributed by atoms with E-state index in [0.717, 1.165) is 22.5 Å². The molecule has 1 fully saturated rings. The van der Waals surface area contributed by atoms with Crippen molar-refractivity contribution in [3.63, 3.8) is 0 Å². The largest absolute Gasteiger partial charge is 0.353 e. The van der Waals surface area contributed by atoms with Crippen molar-refractivity contribution in [3.05, 3.63) is 55.7 Å². The van der Waals surface area contributed by atoms with Crippen LogP contribution in [0.5, 0.6) is 0 Å². The number of hydrogen-bond acceptors (Lipinski definition) is 3. The number of piperazine rings is 1. The molecule has 0 atom stereocenters. The lowest BCUT2D eigenvalue weighted by Gasteiger charge is -2.35. The van der Waals surface area contributed by atoms with E-state index in [1.807, 2.05) is 23.1 Å². The number of carbonyl (C=O) groups is 1. The highest BCUT2D eigenvalue weighted by atomic mass is 127. The van der Waals surface area contributed by atoms with E-state index in [9.17, 15) is 4.79 Å². The Morgan fingerprint density at radius 3 is 2.48 bits per heavy atom. The molecule has 0 unspecified atom stereocenters. The number of amides is 1. The van der Waals surface area contributed by atoms with Gasteiger partial charge < -0.3 is 9.80 Å². The van der Waals surface area contributed by atoms with E-state index in [2.05, 4.69) is 32.5 Å². The fraction of sp³-hybridized carbons (Fsp3) is 0.250. The molecule has 0 N–H and O–H groups in total. The second-order valence-electron chi connectivity index (χ2n) is 5.22. The van der Waals surface area contributed by atoms with Crippen molar-refractivity contribution < 1.29 is 4.79 Å². The highest BCUT2D eigenvalue weighted by molar-refractivity contribution is 14.1. The van der Waals surface area contributed by atoms with E-state index in [1.165, 1.54) is 0 Å². The zero-order chi connectivity index (χ0) is 16.4. The number of pyridine rings is 1. The summed E-state index contributed by atoms with van der Waals surface area (Å²) in [7, 11) is 0. The van der Waals surface area contributed by atoms with E-state index in [4.69, 9.17) is 23.2 Å². The van der Waals surface area contributed by atoms with Crippen LogP contribution in [0, 0.1) is 3.57 Å². The maximum Gasteiger partial charge on any atom is 0.255 e. The van der Waals surface area contributed by atoms with Crippen LogP contribution in [0.4, 0.5) is 5.82 Å². The summed E-state index contributed by atoms with van der Waals surface area (Å²) in [6.07, 6.45) is 0. The quantitative estimate of drug-likeness (QED) is 0.501. The number of carbonyl (C=O) groups excluding carboxylic acids is 1. The van der Waals surface area contributed by atoms with Crippen molar-refractivity contribution in [1.29, 1.82) is 0 Å². The van der Waals surface area contributed by atoms with Crippen LogP contribution in [0.25, 0.3) is 0 Å². The van der Waals surface area contributed by atoms with Crippen molar-refractivity contribution in [2.75, 3.05) is 31.1 Å². The van der Waals surface area contributed by atoms with Gasteiger partial charge in [0, 0.05) is 34.8 Å². The fourth-order valence-corrected chi connectivity index (χ4v) is 3.81. The molecule has 1 aliphatic heterocycles. The number of halogens is 3. The summed E-state index contributed by atoms with van der Waals surface area (Å²) in [6, 6.07) is 10.9. The molecular weight excluding hydrogens is 448 g/mol. The van der Waals surface area contributed by atoms with Gasteiger partial charge in [0.1, 0.15) is 11.0 Å². The Bertz CT molecular complexity index is 733. The van der Waals surface area contributed by atoms with Gasteiger partial charge in [0.25, 0.3) is 5.91 Å². The third kappa shape index (κ3) is 3.89. The fourth-order valence-electron chi connectivity index (χ4n) is 2.55. The first-order valence-electron chi connectivity index (χ1n) is 7.16. The molecule has 1 aromatic carbocycles. The molecule has 0 aliphatic carbocycles. The van der Waals surface area contributed by atoms with Crippen molar-refractivity contribution in [1.82, 2.24) is 9.88 Å². The second kappa shape index (κ2) is 7.23. The maximum absolute atomic E-state index is 12.7. The molecule has 0 saturated carbocycles. The molecule has 1 amide bonds. The number of nitrogens with zero attached hydrogens (tertiary/aromatic N) is 3. The van der Waals surface area contributed by atoms with Gasteiger partial charge in [-0.15, -0.1) is 0 Å². The highest BCUT2D eigenvalue weighted by Gasteiger charge is 2.24. The lowest BCUT2D eigenvalue weighted by molar-refractivity contribution is 0.0745. The van der Waals surface area contributed by atoms with Crippen molar-refractivity contribution in [3.8, 4) is 0 Å². The molecule has 2 aromatic rings. The van der Waals surface area contributed by atoms with Gasteiger partial charge in [-0.2, -0.15) is 0 Å². The summed E-state index contributed by atoms with van der Waals surface area (Å²) in [5.41, 5.74) is 0.698. The highest BCUT2D eigenvalue weighted by Crippen LogP contribution is 2.21. The minimum absolute atomic E-state index is 0.0461. The van der Waals surface area contributed by atoms with Gasteiger partial charge in [-0.1, -0.05) is 29.3 Å². The Morgan fingerprint density at radius 1 is 1.09 bits per heavy atom. The van der Waals surface area contributed by atoms with Gasteiger partial charge in [0.2, 0.25) is 0 Å². The summed E-state index contributed by atoms with van der Waals surface area (Å²) in [5, 5.41) is 1.12. The zero-order valence-electron chi connectivity index (χ0n) is 12.2. The Hall–Kier alpha value is -1.05. The molecule has 23 heavy (non-hydrogen) atoms. The van der Waals surface area contributed by atoms with Crippen LogP contribution >= 0.6 is 45.8 Å². The smallest absolute Gasteiger partial charge is 0.255 e. The van der Waals surface area contributed by atoms with Crippen molar-refractivity contribution in [2.45, 2.75) is 0 Å². The molecule has 120 valence electrons. The summed E-state index contributed by atoms with van der Waals surface area (Å²) < 4.78 is 0.874. The first-order chi connectivity index (χ1) is 11.0. The topological polar surface area (TPSA) is 36.4 Å². The molecule has 0 radical (unpaired) electrons. The van der Waals surface area contributed by atoms with Gasteiger partial charge in [-0.05, 0) is 52.9 Å². The lowest BCUT2D eigenvalue weighted by Crippen LogP contribution is -2.49. The van der Waals surface area contributed by atoms with E-state index in [0.29, 0.717) is 28.8 Å². The van der Waals surface area contributed by atoms with Gasteiger partial charge in [-0.25, -0.2) is 4.98 Å². The Morgan fingerprint density at radius 2 is 1.83 bits per heavy atom. The minimum atomic E-state index is 0.0461. The molecule has 2 heterocycles. The first kappa shape index (κ1) is 16.8. The van der Waals surface area contributed by atoms with Crippen LogP contribution in [0.3, 0.4) is 0 Å². The third-order valence-electron chi connectivity index (χ3n) is 3.75. The van der Waals surface area contributed by atoms with Crippen molar-refractivity contribution >= 4 is 57.5 Å². The van der Waals surface area contributed by atoms with Crippen LogP contribution in [0.1, 0.15) is 10.4 Å². The zero-order valence-corrected chi connectivity index (χ0v) is 15.8. The molecule has 1 aliphatic rings. The summed E-state index contributed by atoms with van der Waals surface area (Å²) in [4.78, 5) is 21.0. The predicted octanol–water partition coefficient (Wildman–Crippen LogP) is 3.96. The van der Waals surface area contributed by atoms with Crippen LogP contribution in [-0.4, -0.2) is 42.0 Å². The Labute approximate surface area is 158 Å². The minimum Gasteiger partial charge on any atom is -0.353 e. The van der Waals surface area contributed by atoms with Gasteiger partial charge in [0.05, 0.1) is 5.56 Å². The average Bonchev–Trinajstić information content (AvgIpc) is 2.54. The third-order valence-corrected chi connectivity index (χ3v) is 5.09. The maximum atomic E-state index is 12.7. The number of rotatable bonds is 2. The standard InChI is InChI=1S/C16H14Cl2IN3O/c17-11-4-5-12(13(19)10-11)16(23)22-8-6-21(7-9-22)15-3-1-2-14(18)20-15/h1-5,10H,6-9H2. The summed E-state index contributed by atoms with van der Waals surface area (Å²) in [5.74, 6) is 0.899. The number of hydrogen-bond donors (Lipinski definition) is 0. The predicted molar refractivity (Wildman–Crippen MR) is 102 cm³/mol. The van der Waals surface area contributed by atoms with E-state index >= 15 is 0 Å². The van der Waals surface area contributed by atoms with E-state index < -0.39 is 0 Å². The normalized spacial score (nSPS) is 14.9. The van der Waals surface area contributed by atoms with E-state index in [1.54, 1.807) is 18.2 Å². The molecule has 3 rings (SSSR count).